The Morgan fingerprint density at radius 1 is 1.26 bits per heavy atom. The van der Waals surface area contributed by atoms with Crippen molar-refractivity contribution >= 4 is 29.0 Å². The Hall–Kier alpha value is -2.03. The standard InChI is InChI=1S/C23H34N4O3S/c1-5-6-7-10-14-25-21(29)23(2,3)27(22(25)31)26-15-13-24-16-18(26)20(28)17-11-8-9-12-19(17)30-4/h8-9,11-12,18,24H,5-7,10,13-16H2,1-4H3. The molecule has 1 N–H and O–H groups in total. The summed E-state index contributed by atoms with van der Waals surface area (Å²) in [5.74, 6) is 0.503. The fourth-order valence-corrected chi connectivity index (χ4v) is 4.88. The maximum absolute atomic E-state index is 13.5. The van der Waals surface area contributed by atoms with Crippen molar-refractivity contribution in [1.82, 2.24) is 20.2 Å². The first-order valence-electron chi connectivity index (χ1n) is 11.1. The molecule has 2 heterocycles. The first-order valence-corrected chi connectivity index (χ1v) is 11.6. The largest absolute Gasteiger partial charge is 0.496 e. The minimum Gasteiger partial charge on any atom is -0.496 e. The molecule has 1 unspecified atom stereocenters. The highest BCUT2D eigenvalue weighted by molar-refractivity contribution is 7.80. The molecule has 1 amide bonds. The molecular formula is C23H34N4O3S. The van der Waals surface area contributed by atoms with Crippen molar-refractivity contribution in [2.75, 3.05) is 33.3 Å². The number of hydrazine groups is 1. The predicted octanol–water partition coefficient (Wildman–Crippen LogP) is 2.85. The van der Waals surface area contributed by atoms with Gasteiger partial charge in [0.15, 0.2) is 10.9 Å². The van der Waals surface area contributed by atoms with Gasteiger partial charge in [-0.1, -0.05) is 38.3 Å². The number of hydrogen-bond donors (Lipinski definition) is 1. The van der Waals surface area contributed by atoms with Crippen molar-refractivity contribution in [1.29, 1.82) is 0 Å². The first kappa shape index (κ1) is 23.6. The SMILES string of the molecule is CCCCCCN1C(=O)C(C)(C)N(N2CCNCC2C(=O)c2ccccc2OC)C1=S. The van der Waals surface area contributed by atoms with Crippen LogP contribution in [0.15, 0.2) is 24.3 Å². The van der Waals surface area contributed by atoms with E-state index in [2.05, 4.69) is 12.2 Å². The number of thiocarbonyl (C=S) groups is 1. The second-order valence-electron chi connectivity index (χ2n) is 8.62. The molecule has 0 aliphatic carbocycles. The molecule has 0 radical (unpaired) electrons. The van der Waals surface area contributed by atoms with E-state index in [4.69, 9.17) is 17.0 Å². The van der Waals surface area contributed by atoms with Gasteiger partial charge in [-0.25, -0.2) is 5.01 Å². The van der Waals surface area contributed by atoms with Gasteiger partial charge in [0.1, 0.15) is 17.3 Å². The second kappa shape index (κ2) is 10.1. The van der Waals surface area contributed by atoms with Crippen LogP contribution < -0.4 is 10.1 Å². The number of methoxy groups -OCH3 is 1. The van der Waals surface area contributed by atoms with Crippen molar-refractivity contribution in [3.05, 3.63) is 29.8 Å². The molecule has 2 saturated heterocycles. The minimum absolute atomic E-state index is 0.00368. The predicted molar refractivity (Wildman–Crippen MR) is 125 cm³/mol. The summed E-state index contributed by atoms with van der Waals surface area (Å²) >= 11 is 5.78. The molecular weight excluding hydrogens is 412 g/mol. The third-order valence-corrected chi connectivity index (χ3v) is 6.49. The normalized spacial score (nSPS) is 21.6. The summed E-state index contributed by atoms with van der Waals surface area (Å²) in [6.45, 7) is 8.35. The van der Waals surface area contributed by atoms with Crippen LogP contribution in [0.2, 0.25) is 0 Å². The summed E-state index contributed by atoms with van der Waals surface area (Å²) in [4.78, 5) is 28.5. The van der Waals surface area contributed by atoms with Crippen molar-refractivity contribution in [2.24, 2.45) is 0 Å². The van der Waals surface area contributed by atoms with Gasteiger partial charge in [-0.2, -0.15) is 0 Å². The lowest BCUT2D eigenvalue weighted by Crippen LogP contribution is -2.65. The van der Waals surface area contributed by atoms with Crippen LogP contribution in [0.4, 0.5) is 0 Å². The summed E-state index contributed by atoms with van der Waals surface area (Å²) in [5.41, 5.74) is -0.298. The van der Waals surface area contributed by atoms with Crippen LogP contribution in [0.5, 0.6) is 5.75 Å². The number of carbonyl (C=O) groups is 2. The van der Waals surface area contributed by atoms with Crippen LogP contribution in [0.1, 0.15) is 56.8 Å². The van der Waals surface area contributed by atoms with E-state index >= 15 is 0 Å². The van der Waals surface area contributed by atoms with Gasteiger partial charge in [-0.15, -0.1) is 0 Å². The molecule has 2 aliphatic heterocycles. The van der Waals surface area contributed by atoms with Crippen LogP contribution in [0, 0.1) is 0 Å². The third-order valence-electron chi connectivity index (χ3n) is 6.09. The van der Waals surface area contributed by atoms with Gasteiger partial charge in [0.2, 0.25) is 0 Å². The molecule has 1 aromatic rings. The Kier molecular flexibility index (Phi) is 7.67. The van der Waals surface area contributed by atoms with Crippen molar-refractivity contribution in [3.63, 3.8) is 0 Å². The second-order valence-corrected chi connectivity index (χ2v) is 8.98. The van der Waals surface area contributed by atoms with Gasteiger partial charge >= 0.3 is 0 Å². The van der Waals surface area contributed by atoms with Crippen molar-refractivity contribution in [3.8, 4) is 5.75 Å². The number of ether oxygens (including phenoxy) is 1. The minimum atomic E-state index is -0.835. The zero-order valence-corrected chi connectivity index (χ0v) is 19.8. The zero-order chi connectivity index (χ0) is 22.6. The molecule has 2 fully saturated rings. The smallest absolute Gasteiger partial charge is 0.255 e. The monoisotopic (exact) mass is 446 g/mol. The molecule has 2 aliphatic rings. The fourth-order valence-electron chi connectivity index (χ4n) is 4.37. The summed E-state index contributed by atoms with van der Waals surface area (Å²) in [6.07, 6.45) is 4.29. The van der Waals surface area contributed by atoms with E-state index in [9.17, 15) is 9.59 Å². The van der Waals surface area contributed by atoms with E-state index in [1.165, 1.54) is 0 Å². The number of carbonyl (C=O) groups excluding carboxylic acids is 2. The molecule has 1 aromatic carbocycles. The maximum atomic E-state index is 13.5. The summed E-state index contributed by atoms with van der Waals surface area (Å²) < 4.78 is 5.42. The van der Waals surface area contributed by atoms with Crippen LogP contribution >= 0.6 is 12.2 Å². The number of nitrogens with zero attached hydrogens (tertiary/aromatic N) is 3. The van der Waals surface area contributed by atoms with Gasteiger partial charge in [0.25, 0.3) is 5.91 Å². The molecule has 170 valence electrons. The summed E-state index contributed by atoms with van der Waals surface area (Å²) in [5, 5.41) is 7.67. The van der Waals surface area contributed by atoms with Crippen LogP contribution in [0.3, 0.4) is 0 Å². The Balaban J connectivity index is 1.86. The van der Waals surface area contributed by atoms with E-state index in [0.29, 0.717) is 36.1 Å². The fraction of sp³-hybridized carbons (Fsp3) is 0.609. The molecule has 8 heteroatoms. The highest BCUT2D eigenvalue weighted by Crippen LogP contribution is 2.33. The van der Waals surface area contributed by atoms with Crippen molar-refractivity contribution < 1.29 is 14.3 Å². The number of amides is 1. The number of ketones is 1. The van der Waals surface area contributed by atoms with E-state index in [0.717, 1.165) is 32.2 Å². The number of nitrogens with one attached hydrogen (secondary N) is 1. The van der Waals surface area contributed by atoms with E-state index in [1.807, 2.05) is 36.0 Å². The lowest BCUT2D eigenvalue weighted by Gasteiger charge is -2.45. The van der Waals surface area contributed by atoms with E-state index in [1.54, 1.807) is 24.1 Å². The van der Waals surface area contributed by atoms with Crippen LogP contribution in [-0.4, -0.2) is 76.6 Å². The van der Waals surface area contributed by atoms with Gasteiger partial charge in [-0.05, 0) is 44.6 Å². The molecule has 1 atom stereocenters. The number of rotatable bonds is 9. The zero-order valence-electron chi connectivity index (χ0n) is 19.0. The number of hydrogen-bond acceptors (Lipinski definition) is 6. The number of piperazine rings is 1. The molecule has 0 aromatic heterocycles. The highest BCUT2D eigenvalue weighted by Gasteiger charge is 2.53. The highest BCUT2D eigenvalue weighted by atomic mass is 32.1. The summed E-state index contributed by atoms with van der Waals surface area (Å²) in [6, 6.07) is 6.78. The Morgan fingerprint density at radius 2 is 2.00 bits per heavy atom. The lowest BCUT2D eigenvalue weighted by atomic mass is 10.00. The van der Waals surface area contributed by atoms with E-state index < -0.39 is 11.6 Å². The topological polar surface area (TPSA) is 65.1 Å². The molecule has 0 spiro atoms. The first-order chi connectivity index (χ1) is 14.8. The van der Waals surface area contributed by atoms with Gasteiger partial charge in [0, 0.05) is 26.2 Å². The van der Waals surface area contributed by atoms with Crippen LogP contribution in [-0.2, 0) is 4.79 Å². The quantitative estimate of drug-likeness (QED) is 0.355. The molecule has 0 bridgehead atoms. The average molecular weight is 447 g/mol. The number of Topliss-reactive ketones (excluding diaryl/α,β-unsaturated/α-hetero) is 1. The Labute approximate surface area is 190 Å². The lowest BCUT2D eigenvalue weighted by molar-refractivity contribution is -0.138. The Morgan fingerprint density at radius 3 is 2.71 bits per heavy atom. The van der Waals surface area contributed by atoms with Gasteiger partial charge in [0.05, 0.1) is 12.7 Å². The van der Waals surface area contributed by atoms with E-state index in [-0.39, 0.29) is 11.7 Å². The molecule has 0 saturated carbocycles. The number of benzene rings is 1. The average Bonchev–Trinajstić information content (AvgIpc) is 2.94. The molecule has 3 rings (SSSR count). The van der Waals surface area contributed by atoms with Crippen molar-refractivity contribution in [2.45, 2.75) is 58.0 Å². The number of unbranched alkanes of at least 4 members (excludes halogenated alkanes) is 3. The Bertz CT molecular complexity index is 829. The third kappa shape index (κ3) is 4.61. The van der Waals surface area contributed by atoms with Crippen LogP contribution in [0.25, 0.3) is 0 Å². The molecule has 31 heavy (non-hydrogen) atoms. The summed E-state index contributed by atoms with van der Waals surface area (Å²) in [7, 11) is 1.57. The molecule has 7 nitrogen and oxygen atoms in total. The number of para-hydroxylation sites is 1. The van der Waals surface area contributed by atoms with Gasteiger partial charge in [-0.3, -0.25) is 19.5 Å². The maximum Gasteiger partial charge on any atom is 0.255 e. The van der Waals surface area contributed by atoms with Gasteiger partial charge < -0.3 is 10.1 Å².